The topological polar surface area (TPSA) is 12.4 Å². The Hall–Kier alpha value is -2.15. The van der Waals surface area contributed by atoms with Crippen LogP contribution in [0.25, 0.3) is 5.70 Å². The van der Waals surface area contributed by atoms with Crippen LogP contribution in [0.15, 0.2) is 66.2 Å². The third-order valence-corrected chi connectivity index (χ3v) is 2.88. The fourth-order valence-corrected chi connectivity index (χ4v) is 1.76. The summed E-state index contributed by atoms with van der Waals surface area (Å²) in [6, 6.07) is 18.4. The second-order valence-electron chi connectivity index (χ2n) is 4.38. The molecule has 0 N–H and O–H groups in total. The Morgan fingerprint density at radius 3 is 2.11 bits per heavy atom. The van der Waals surface area contributed by atoms with Gasteiger partial charge in [-0.15, -0.1) is 0 Å². The van der Waals surface area contributed by atoms with Gasteiger partial charge in [0.15, 0.2) is 0 Å². The number of hydrogen-bond acceptors (Lipinski definition) is 1. The van der Waals surface area contributed by atoms with Crippen LogP contribution < -0.4 is 0 Å². The lowest BCUT2D eigenvalue weighted by Gasteiger charge is -2.04. The van der Waals surface area contributed by atoms with Crippen LogP contribution in [0, 0.1) is 6.92 Å². The van der Waals surface area contributed by atoms with Gasteiger partial charge in [0, 0.05) is 5.71 Å². The third kappa shape index (κ3) is 2.95. The van der Waals surface area contributed by atoms with Crippen molar-refractivity contribution in [2.75, 3.05) is 0 Å². The van der Waals surface area contributed by atoms with Crippen molar-refractivity contribution < 1.29 is 0 Å². The van der Waals surface area contributed by atoms with Gasteiger partial charge in [-0.25, -0.2) is 0 Å². The van der Waals surface area contributed by atoms with E-state index in [2.05, 4.69) is 42.8 Å². The molecule has 90 valence electrons. The second-order valence-corrected chi connectivity index (χ2v) is 4.38. The number of benzene rings is 2. The van der Waals surface area contributed by atoms with Crippen LogP contribution in [0.1, 0.15) is 23.6 Å². The van der Waals surface area contributed by atoms with E-state index < -0.39 is 0 Å². The van der Waals surface area contributed by atoms with Crippen molar-refractivity contribution in [2.24, 2.45) is 4.99 Å². The Morgan fingerprint density at radius 2 is 1.50 bits per heavy atom. The molecule has 0 saturated carbocycles. The largest absolute Gasteiger partial charge is 0.253 e. The number of aryl methyl sites for hydroxylation is 1. The first-order chi connectivity index (χ1) is 8.66. The van der Waals surface area contributed by atoms with E-state index in [9.17, 15) is 0 Å². The molecular formula is C17H17N. The molecule has 0 atom stereocenters. The number of rotatable bonds is 3. The highest BCUT2D eigenvalue weighted by Gasteiger charge is 1.99. The minimum absolute atomic E-state index is 0.800. The fourth-order valence-electron chi connectivity index (χ4n) is 1.76. The van der Waals surface area contributed by atoms with Crippen LogP contribution in [-0.4, -0.2) is 5.71 Å². The molecular weight excluding hydrogens is 218 g/mol. The van der Waals surface area contributed by atoms with Crippen LogP contribution in [0.4, 0.5) is 0 Å². The number of nitrogens with zero attached hydrogens (tertiary/aromatic N) is 1. The molecule has 0 unspecified atom stereocenters. The SMILES string of the molecule is C=C(N=C(C)c1ccc(C)cc1)c1ccccc1. The highest BCUT2D eigenvalue weighted by Crippen LogP contribution is 2.15. The molecule has 0 saturated heterocycles. The molecule has 0 aliphatic carbocycles. The molecule has 1 nitrogen and oxygen atoms in total. The predicted molar refractivity (Wildman–Crippen MR) is 78.9 cm³/mol. The van der Waals surface area contributed by atoms with Gasteiger partial charge in [0.2, 0.25) is 0 Å². The molecule has 0 fully saturated rings. The molecule has 2 aromatic carbocycles. The predicted octanol–water partition coefficient (Wildman–Crippen LogP) is 4.47. The second kappa shape index (κ2) is 5.46. The molecule has 0 radical (unpaired) electrons. The molecule has 0 aliphatic rings. The molecule has 0 bridgehead atoms. The summed E-state index contributed by atoms with van der Waals surface area (Å²) < 4.78 is 0. The molecule has 2 rings (SSSR count). The van der Waals surface area contributed by atoms with Gasteiger partial charge in [-0.3, -0.25) is 4.99 Å². The van der Waals surface area contributed by atoms with E-state index in [0.717, 1.165) is 22.5 Å². The van der Waals surface area contributed by atoms with Crippen molar-refractivity contribution in [1.29, 1.82) is 0 Å². The van der Waals surface area contributed by atoms with Gasteiger partial charge >= 0.3 is 0 Å². The van der Waals surface area contributed by atoms with Gasteiger partial charge in [-0.2, -0.15) is 0 Å². The smallest absolute Gasteiger partial charge is 0.0633 e. The quantitative estimate of drug-likeness (QED) is 0.696. The summed E-state index contributed by atoms with van der Waals surface area (Å²) in [5.41, 5.74) is 5.24. The van der Waals surface area contributed by atoms with Crippen LogP contribution in [-0.2, 0) is 0 Å². The van der Waals surface area contributed by atoms with E-state index in [0.29, 0.717) is 0 Å². The average Bonchev–Trinajstić information content (AvgIpc) is 2.40. The standard InChI is InChI=1S/C17H17N/c1-13-9-11-17(12-10-13)15(3)18-14(2)16-7-5-4-6-8-16/h4-12H,2H2,1,3H3. The van der Waals surface area contributed by atoms with Crippen molar-refractivity contribution >= 4 is 11.4 Å². The Morgan fingerprint density at radius 1 is 0.889 bits per heavy atom. The molecule has 0 amide bonds. The summed E-state index contributed by atoms with van der Waals surface area (Å²) in [7, 11) is 0. The van der Waals surface area contributed by atoms with E-state index in [1.165, 1.54) is 5.56 Å². The van der Waals surface area contributed by atoms with Crippen LogP contribution in [0.5, 0.6) is 0 Å². The lowest BCUT2D eigenvalue weighted by Crippen LogP contribution is -1.95. The lowest BCUT2D eigenvalue weighted by atomic mass is 10.1. The van der Waals surface area contributed by atoms with E-state index in [1.807, 2.05) is 37.3 Å². The van der Waals surface area contributed by atoms with Gasteiger partial charge in [-0.05, 0) is 25.0 Å². The maximum Gasteiger partial charge on any atom is 0.0633 e. The first-order valence-corrected chi connectivity index (χ1v) is 6.03. The molecule has 18 heavy (non-hydrogen) atoms. The first-order valence-electron chi connectivity index (χ1n) is 6.03. The van der Waals surface area contributed by atoms with Gasteiger partial charge < -0.3 is 0 Å². The normalized spacial score (nSPS) is 11.3. The van der Waals surface area contributed by atoms with Crippen LogP contribution in [0.3, 0.4) is 0 Å². The molecule has 0 heterocycles. The zero-order valence-electron chi connectivity index (χ0n) is 10.9. The Bertz CT molecular complexity index is 562. The van der Waals surface area contributed by atoms with Crippen LogP contribution in [0.2, 0.25) is 0 Å². The van der Waals surface area contributed by atoms with Crippen LogP contribution >= 0.6 is 0 Å². The molecule has 0 aliphatic heterocycles. The summed E-state index contributed by atoms with van der Waals surface area (Å²) >= 11 is 0. The minimum atomic E-state index is 0.800. The number of aliphatic imine (C=N–C) groups is 1. The van der Waals surface area contributed by atoms with E-state index in [4.69, 9.17) is 0 Å². The minimum Gasteiger partial charge on any atom is -0.253 e. The summed E-state index contributed by atoms with van der Waals surface area (Å²) in [6.45, 7) is 8.12. The zero-order valence-corrected chi connectivity index (χ0v) is 10.9. The summed E-state index contributed by atoms with van der Waals surface area (Å²) in [5.74, 6) is 0. The van der Waals surface area contributed by atoms with E-state index in [1.54, 1.807) is 0 Å². The fraction of sp³-hybridized carbons (Fsp3) is 0.118. The third-order valence-electron chi connectivity index (χ3n) is 2.88. The maximum absolute atomic E-state index is 4.57. The highest BCUT2D eigenvalue weighted by molar-refractivity contribution is 6.01. The van der Waals surface area contributed by atoms with Crippen molar-refractivity contribution in [1.82, 2.24) is 0 Å². The first kappa shape index (κ1) is 12.3. The Balaban J connectivity index is 2.23. The summed E-state index contributed by atoms with van der Waals surface area (Å²) in [4.78, 5) is 4.57. The van der Waals surface area contributed by atoms with Gasteiger partial charge in [0.05, 0.1) is 5.70 Å². The van der Waals surface area contributed by atoms with Gasteiger partial charge in [0.1, 0.15) is 0 Å². The summed E-state index contributed by atoms with van der Waals surface area (Å²) in [5, 5.41) is 0. The van der Waals surface area contributed by atoms with E-state index >= 15 is 0 Å². The van der Waals surface area contributed by atoms with Crippen molar-refractivity contribution in [3.63, 3.8) is 0 Å². The average molecular weight is 235 g/mol. The zero-order chi connectivity index (χ0) is 13.0. The highest BCUT2D eigenvalue weighted by atomic mass is 14.7. The lowest BCUT2D eigenvalue weighted by molar-refractivity contribution is 1.44. The maximum atomic E-state index is 4.57. The molecule has 0 aromatic heterocycles. The monoisotopic (exact) mass is 235 g/mol. The molecule has 1 heteroatoms. The van der Waals surface area contributed by atoms with Gasteiger partial charge in [-0.1, -0.05) is 66.7 Å². The van der Waals surface area contributed by atoms with Crippen molar-refractivity contribution in [3.8, 4) is 0 Å². The molecule has 0 spiro atoms. The Labute approximate surface area is 109 Å². The number of hydrogen-bond donors (Lipinski definition) is 0. The van der Waals surface area contributed by atoms with Gasteiger partial charge in [0.25, 0.3) is 0 Å². The van der Waals surface area contributed by atoms with E-state index in [-0.39, 0.29) is 0 Å². The Kier molecular flexibility index (Phi) is 3.73. The van der Waals surface area contributed by atoms with Crippen molar-refractivity contribution in [3.05, 3.63) is 77.9 Å². The summed E-state index contributed by atoms with van der Waals surface area (Å²) in [6.07, 6.45) is 0. The van der Waals surface area contributed by atoms with Crippen molar-refractivity contribution in [2.45, 2.75) is 13.8 Å². The molecule has 2 aromatic rings.